The topological polar surface area (TPSA) is 109 Å². The number of urea groups is 1. The summed E-state index contributed by atoms with van der Waals surface area (Å²) < 4.78 is 5.27. The fraction of sp³-hybridized carbons (Fsp3) is 0.474. The molecule has 2 amide bonds. The van der Waals surface area contributed by atoms with Gasteiger partial charge in [-0.2, -0.15) is 4.98 Å². The highest BCUT2D eigenvalue weighted by Crippen LogP contribution is 2.27. The van der Waals surface area contributed by atoms with E-state index in [4.69, 9.17) is 9.63 Å². The second kappa shape index (κ2) is 8.20. The molecule has 0 saturated carbocycles. The van der Waals surface area contributed by atoms with E-state index in [1.165, 1.54) is 12.1 Å². The number of aromatic nitrogens is 2. The van der Waals surface area contributed by atoms with Gasteiger partial charge in [-0.1, -0.05) is 31.1 Å². The summed E-state index contributed by atoms with van der Waals surface area (Å²) >= 11 is 0. The van der Waals surface area contributed by atoms with Gasteiger partial charge in [0.05, 0.1) is 5.56 Å². The number of carbonyl (C=O) groups is 2. The van der Waals surface area contributed by atoms with Crippen LogP contribution in [-0.4, -0.2) is 45.2 Å². The van der Waals surface area contributed by atoms with Gasteiger partial charge in [-0.25, -0.2) is 9.59 Å². The fourth-order valence-electron chi connectivity index (χ4n) is 3.04. The van der Waals surface area contributed by atoms with Crippen LogP contribution < -0.4 is 5.32 Å². The molecule has 1 fully saturated rings. The summed E-state index contributed by atoms with van der Waals surface area (Å²) in [5.74, 6) is 0.850. The van der Waals surface area contributed by atoms with E-state index in [2.05, 4.69) is 15.5 Å². The van der Waals surface area contributed by atoms with Crippen molar-refractivity contribution >= 4 is 12.0 Å². The first-order valence-corrected chi connectivity index (χ1v) is 9.12. The smallest absolute Gasteiger partial charge is 0.335 e. The Morgan fingerprint density at radius 2 is 1.93 bits per heavy atom. The highest BCUT2D eigenvalue weighted by Gasteiger charge is 2.27. The first-order valence-electron chi connectivity index (χ1n) is 9.12. The Hall–Kier alpha value is -2.90. The Morgan fingerprint density at radius 3 is 2.48 bits per heavy atom. The Labute approximate surface area is 157 Å². The third-order valence-corrected chi connectivity index (χ3v) is 4.74. The van der Waals surface area contributed by atoms with Crippen molar-refractivity contribution in [3.63, 3.8) is 0 Å². The molecule has 1 aromatic carbocycles. The van der Waals surface area contributed by atoms with Crippen LogP contribution in [0.4, 0.5) is 4.79 Å². The number of aromatic carboxylic acids is 1. The molecule has 3 rings (SSSR count). The lowest BCUT2D eigenvalue weighted by Crippen LogP contribution is -2.43. The maximum Gasteiger partial charge on any atom is 0.335 e. The molecule has 0 radical (unpaired) electrons. The quantitative estimate of drug-likeness (QED) is 0.835. The molecular formula is C19H24N4O4. The number of carboxylic acids is 1. The van der Waals surface area contributed by atoms with Crippen LogP contribution in [0.25, 0.3) is 0 Å². The third kappa shape index (κ3) is 4.64. The van der Waals surface area contributed by atoms with Crippen LogP contribution >= 0.6 is 0 Å². The summed E-state index contributed by atoms with van der Waals surface area (Å²) in [6, 6.07) is 6.36. The van der Waals surface area contributed by atoms with E-state index in [1.807, 2.05) is 13.8 Å². The summed E-state index contributed by atoms with van der Waals surface area (Å²) in [5.41, 5.74) is 1.09. The fourth-order valence-corrected chi connectivity index (χ4v) is 3.04. The van der Waals surface area contributed by atoms with Crippen LogP contribution in [-0.2, 0) is 6.54 Å². The van der Waals surface area contributed by atoms with Crippen LogP contribution in [0.15, 0.2) is 28.8 Å². The van der Waals surface area contributed by atoms with Gasteiger partial charge in [0.15, 0.2) is 5.82 Å². The molecule has 1 aliphatic rings. The molecule has 0 unspecified atom stereocenters. The zero-order valence-corrected chi connectivity index (χ0v) is 15.5. The van der Waals surface area contributed by atoms with Crippen molar-refractivity contribution in [3.05, 3.63) is 47.1 Å². The van der Waals surface area contributed by atoms with E-state index in [0.29, 0.717) is 25.5 Å². The van der Waals surface area contributed by atoms with Gasteiger partial charge in [0.1, 0.15) is 0 Å². The monoisotopic (exact) mass is 372 g/mol. The Kier molecular flexibility index (Phi) is 5.73. The van der Waals surface area contributed by atoms with E-state index >= 15 is 0 Å². The van der Waals surface area contributed by atoms with Crippen molar-refractivity contribution in [1.29, 1.82) is 0 Å². The molecule has 0 bridgehead atoms. The van der Waals surface area contributed by atoms with Crippen LogP contribution in [0.1, 0.15) is 66.2 Å². The van der Waals surface area contributed by atoms with Crippen molar-refractivity contribution in [2.45, 2.75) is 45.1 Å². The van der Waals surface area contributed by atoms with Crippen LogP contribution in [0, 0.1) is 0 Å². The number of amides is 2. The molecular weight excluding hydrogens is 348 g/mol. The highest BCUT2D eigenvalue weighted by molar-refractivity contribution is 5.87. The van der Waals surface area contributed by atoms with E-state index < -0.39 is 5.97 Å². The number of likely N-dealkylation sites (tertiary alicyclic amines) is 1. The number of benzene rings is 1. The van der Waals surface area contributed by atoms with Crippen LogP contribution in [0.3, 0.4) is 0 Å². The SMILES string of the molecule is CC(C)c1nc(C2CCN(C(=O)NCc3ccc(C(=O)O)cc3)CC2)no1. The number of carboxylic acid groups (broad SMARTS) is 1. The minimum atomic E-state index is -0.962. The van der Waals surface area contributed by atoms with Gasteiger partial charge in [0, 0.05) is 31.5 Å². The molecule has 8 heteroatoms. The summed E-state index contributed by atoms with van der Waals surface area (Å²) in [7, 11) is 0. The lowest BCUT2D eigenvalue weighted by molar-refractivity contribution is 0.0697. The molecule has 2 heterocycles. The maximum absolute atomic E-state index is 12.4. The van der Waals surface area contributed by atoms with Gasteiger partial charge >= 0.3 is 12.0 Å². The predicted octanol–water partition coefficient (Wildman–Crippen LogP) is 2.98. The molecule has 8 nitrogen and oxygen atoms in total. The summed E-state index contributed by atoms with van der Waals surface area (Å²) in [6.45, 7) is 5.67. The first kappa shape index (κ1) is 18.9. The standard InChI is InChI=1S/C19H24N4O4/c1-12(2)17-21-16(22-27-17)14-7-9-23(10-8-14)19(26)20-11-13-3-5-15(6-4-13)18(24)25/h3-6,12,14H,7-11H2,1-2H3,(H,20,26)(H,24,25). The lowest BCUT2D eigenvalue weighted by Gasteiger charge is -2.30. The normalized spacial score (nSPS) is 15.1. The largest absolute Gasteiger partial charge is 0.478 e. The summed E-state index contributed by atoms with van der Waals surface area (Å²) in [4.78, 5) is 29.5. The predicted molar refractivity (Wildman–Crippen MR) is 97.6 cm³/mol. The molecule has 144 valence electrons. The van der Waals surface area contributed by atoms with Gasteiger partial charge in [-0.05, 0) is 30.5 Å². The summed E-state index contributed by atoms with van der Waals surface area (Å²) in [5, 5.41) is 15.9. The number of carbonyl (C=O) groups excluding carboxylic acids is 1. The molecule has 27 heavy (non-hydrogen) atoms. The lowest BCUT2D eigenvalue weighted by atomic mass is 9.96. The molecule has 1 saturated heterocycles. The minimum Gasteiger partial charge on any atom is -0.478 e. The second-order valence-electron chi connectivity index (χ2n) is 7.07. The van der Waals surface area contributed by atoms with Crippen molar-refractivity contribution < 1.29 is 19.2 Å². The van der Waals surface area contributed by atoms with Gasteiger partial charge < -0.3 is 19.8 Å². The van der Waals surface area contributed by atoms with Crippen molar-refractivity contribution in [2.75, 3.05) is 13.1 Å². The van der Waals surface area contributed by atoms with Gasteiger partial charge in [-0.3, -0.25) is 0 Å². The minimum absolute atomic E-state index is 0.119. The van der Waals surface area contributed by atoms with Gasteiger partial charge in [0.2, 0.25) is 5.89 Å². The first-order chi connectivity index (χ1) is 12.9. The second-order valence-corrected chi connectivity index (χ2v) is 7.07. The third-order valence-electron chi connectivity index (χ3n) is 4.74. The molecule has 0 aliphatic carbocycles. The summed E-state index contributed by atoms with van der Waals surface area (Å²) in [6.07, 6.45) is 1.61. The zero-order valence-electron chi connectivity index (χ0n) is 15.5. The Morgan fingerprint density at radius 1 is 1.26 bits per heavy atom. The average Bonchev–Trinajstić information content (AvgIpc) is 3.17. The maximum atomic E-state index is 12.4. The van der Waals surface area contributed by atoms with E-state index in [1.54, 1.807) is 17.0 Å². The number of hydrogen-bond acceptors (Lipinski definition) is 5. The number of hydrogen-bond donors (Lipinski definition) is 2. The van der Waals surface area contributed by atoms with Crippen molar-refractivity contribution in [3.8, 4) is 0 Å². The van der Waals surface area contributed by atoms with Crippen molar-refractivity contribution in [2.24, 2.45) is 0 Å². The van der Waals surface area contributed by atoms with Gasteiger partial charge in [0.25, 0.3) is 0 Å². The molecule has 1 aliphatic heterocycles. The number of nitrogens with zero attached hydrogens (tertiary/aromatic N) is 3. The zero-order chi connectivity index (χ0) is 19.4. The molecule has 0 atom stereocenters. The van der Waals surface area contributed by atoms with Crippen LogP contribution in [0.5, 0.6) is 0 Å². The number of piperidine rings is 1. The number of nitrogens with one attached hydrogen (secondary N) is 1. The molecule has 2 aromatic rings. The highest BCUT2D eigenvalue weighted by atomic mass is 16.5. The Bertz CT molecular complexity index is 792. The Balaban J connectivity index is 1.47. The van der Waals surface area contributed by atoms with Gasteiger partial charge in [-0.15, -0.1) is 0 Å². The van der Waals surface area contributed by atoms with Crippen molar-refractivity contribution in [1.82, 2.24) is 20.4 Å². The van der Waals surface area contributed by atoms with E-state index in [-0.39, 0.29) is 23.4 Å². The number of rotatable bonds is 5. The average molecular weight is 372 g/mol. The molecule has 1 aromatic heterocycles. The van der Waals surface area contributed by atoms with E-state index in [9.17, 15) is 9.59 Å². The molecule has 0 spiro atoms. The van der Waals surface area contributed by atoms with E-state index in [0.717, 1.165) is 24.2 Å². The van der Waals surface area contributed by atoms with Crippen LogP contribution in [0.2, 0.25) is 0 Å². The molecule has 2 N–H and O–H groups in total.